The average molecular weight is 370 g/mol. The molecule has 1 heterocycles. The van der Waals surface area contributed by atoms with Crippen LogP contribution in [0.3, 0.4) is 0 Å². The zero-order valence-electron chi connectivity index (χ0n) is 12.0. The van der Waals surface area contributed by atoms with Crippen LogP contribution in [0.4, 0.5) is 11.5 Å². The van der Waals surface area contributed by atoms with Gasteiger partial charge in [0.15, 0.2) is 0 Å². The molecule has 0 unspecified atom stereocenters. The molecule has 3 aromatic rings. The van der Waals surface area contributed by atoms with Crippen molar-refractivity contribution in [3.8, 4) is 5.75 Å². The van der Waals surface area contributed by atoms with E-state index in [0.29, 0.717) is 17.1 Å². The van der Waals surface area contributed by atoms with E-state index in [4.69, 9.17) is 4.74 Å². The van der Waals surface area contributed by atoms with Crippen LogP contribution in [0.25, 0.3) is 10.9 Å². The Hall–Kier alpha value is -2.73. The number of halogens is 1. The smallest absolute Gasteiger partial charge is 0.335 e. The van der Waals surface area contributed by atoms with Gasteiger partial charge in [-0.1, -0.05) is 28.6 Å². The van der Waals surface area contributed by atoms with Crippen molar-refractivity contribution in [2.75, 3.05) is 5.32 Å². The van der Waals surface area contributed by atoms with Crippen LogP contribution in [-0.4, -0.2) is 15.9 Å². The Morgan fingerprint density at radius 1 is 1.22 bits per heavy atom. The first kappa shape index (κ1) is 15.2. The van der Waals surface area contributed by atoms with Crippen LogP contribution in [0.2, 0.25) is 0 Å². The fraction of sp³-hybridized carbons (Fsp3) is 0. The minimum Gasteiger partial charge on any atom is -0.423 e. The number of fused-ring (bicyclic) bond motifs is 1. The number of carbonyl (C=O) groups is 1. The molecule has 0 amide bonds. The summed E-state index contributed by atoms with van der Waals surface area (Å²) in [7, 11) is 0. The molecule has 6 heteroatoms. The van der Waals surface area contributed by atoms with E-state index < -0.39 is 5.97 Å². The molecule has 0 saturated heterocycles. The van der Waals surface area contributed by atoms with Gasteiger partial charge in [0.2, 0.25) is 0 Å². The standard InChI is InChI=1S/C17H12BrN3O2/c1-2-16(22)23-13-6-7-14-15(9-13)19-10-20-17(14)21-12-5-3-4-11(18)8-12/h2-10H,1H2,(H,19,20,21). The lowest BCUT2D eigenvalue weighted by atomic mass is 10.2. The van der Waals surface area contributed by atoms with Gasteiger partial charge < -0.3 is 10.1 Å². The number of hydrogen-bond acceptors (Lipinski definition) is 5. The monoisotopic (exact) mass is 369 g/mol. The first-order valence-electron chi connectivity index (χ1n) is 6.77. The van der Waals surface area contributed by atoms with Gasteiger partial charge in [-0.05, 0) is 30.3 Å². The van der Waals surface area contributed by atoms with Crippen molar-refractivity contribution in [1.29, 1.82) is 0 Å². The van der Waals surface area contributed by atoms with Gasteiger partial charge in [-0.2, -0.15) is 0 Å². The molecule has 0 bridgehead atoms. The maximum atomic E-state index is 11.3. The minimum absolute atomic E-state index is 0.412. The highest BCUT2D eigenvalue weighted by Crippen LogP contribution is 2.27. The lowest BCUT2D eigenvalue weighted by Gasteiger charge is -2.09. The molecule has 0 spiro atoms. The summed E-state index contributed by atoms with van der Waals surface area (Å²) in [5, 5.41) is 4.08. The summed E-state index contributed by atoms with van der Waals surface area (Å²) in [5.74, 6) is 0.579. The molecule has 3 rings (SSSR count). The number of nitrogens with one attached hydrogen (secondary N) is 1. The Balaban J connectivity index is 1.95. The highest BCUT2D eigenvalue weighted by molar-refractivity contribution is 9.10. The molecule has 114 valence electrons. The topological polar surface area (TPSA) is 64.1 Å². The molecule has 0 saturated carbocycles. The number of esters is 1. The Bertz CT molecular complexity index is 896. The fourth-order valence-corrected chi connectivity index (χ4v) is 2.46. The van der Waals surface area contributed by atoms with Crippen molar-refractivity contribution in [1.82, 2.24) is 9.97 Å². The molecule has 0 aliphatic rings. The van der Waals surface area contributed by atoms with E-state index in [9.17, 15) is 4.79 Å². The van der Waals surface area contributed by atoms with E-state index in [1.165, 1.54) is 6.33 Å². The molecule has 0 aliphatic carbocycles. The second-order valence-corrected chi connectivity index (χ2v) is 5.58. The normalized spacial score (nSPS) is 10.3. The van der Waals surface area contributed by atoms with Gasteiger partial charge in [0.25, 0.3) is 0 Å². The summed E-state index contributed by atoms with van der Waals surface area (Å²) in [6.45, 7) is 3.37. The summed E-state index contributed by atoms with van der Waals surface area (Å²) in [5.41, 5.74) is 1.58. The van der Waals surface area contributed by atoms with Crippen LogP contribution < -0.4 is 10.1 Å². The molecule has 0 fully saturated rings. The van der Waals surface area contributed by atoms with Crippen molar-refractivity contribution in [2.45, 2.75) is 0 Å². The Morgan fingerprint density at radius 2 is 2.09 bits per heavy atom. The third-order valence-electron chi connectivity index (χ3n) is 3.08. The van der Waals surface area contributed by atoms with Gasteiger partial charge in [0.05, 0.1) is 5.52 Å². The number of benzene rings is 2. The molecule has 23 heavy (non-hydrogen) atoms. The molecule has 2 aromatic carbocycles. The van der Waals surface area contributed by atoms with Crippen molar-refractivity contribution in [2.24, 2.45) is 0 Å². The van der Waals surface area contributed by atoms with Crippen LogP contribution >= 0.6 is 15.9 Å². The van der Waals surface area contributed by atoms with Crippen LogP contribution in [0.1, 0.15) is 0 Å². The van der Waals surface area contributed by atoms with Gasteiger partial charge in [-0.15, -0.1) is 0 Å². The van der Waals surface area contributed by atoms with E-state index in [0.717, 1.165) is 21.6 Å². The van der Waals surface area contributed by atoms with Crippen molar-refractivity contribution >= 4 is 44.3 Å². The maximum Gasteiger partial charge on any atom is 0.335 e. The lowest BCUT2D eigenvalue weighted by molar-refractivity contribution is -0.128. The van der Waals surface area contributed by atoms with Gasteiger partial charge >= 0.3 is 5.97 Å². The molecule has 5 nitrogen and oxygen atoms in total. The lowest BCUT2D eigenvalue weighted by Crippen LogP contribution is -2.03. The van der Waals surface area contributed by atoms with Gasteiger partial charge in [-0.25, -0.2) is 14.8 Å². The zero-order valence-corrected chi connectivity index (χ0v) is 13.6. The van der Waals surface area contributed by atoms with Crippen LogP contribution in [0, 0.1) is 0 Å². The van der Waals surface area contributed by atoms with Crippen molar-refractivity contribution < 1.29 is 9.53 Å². The second kappa shape index (κ2) is 6.58. The number of anilines is 2. The van der Waals surface area contributed by atoms with E-state index >= 15 is 0 Å². The van der Waals surface area contributed by atoms with Crippen LogP contribution in [0.15, 0.2) is 65.9 Å². The number of rotatable bonds is 4. The molecular weight excluding hydrogens is 358 g/mol. The summed E-state index contributed by atoms with van der Waals surface area (Å²) >= 11 is 3.44. The third kappa shape index (κ3) is 3.54. The summed E-state index contributed by atoms with van der Waals surface area (Å²) in [6.07, 6.45) is 2.58. The number of carbonyl (C=O) groups excluding carboxylic acids is 1. The van der Waals surface area contributed by atoms with Gasteiger partial charge in [0, 0.05) is 27.7 Å². The van der Waals surface area contributed by atoms with Gasteiger partial charge in [-0.3, -0.25) is 0 Å². The average Bonchev–Trinajstić information content (AvgIpc) is 2.55. The molecular formula is C17H12BrN3O2. The Morgan fingerprint density at radius 3 is 2.87 bits per heavy atom. The number of hydrogen-bond donors (Lipinski definition) is 1. The number of aromatic nitrogens is 2. The highest BCUT2D eigenvalue weighted by Gasteiger charge is 2.07. The number of ether oxygens (including phenoxy) is 1. The summed E-state index contributed by atoms with van der Waals surface area (Å²) < 4.78 is 6.07. The van der Waals surface area contributed by atoms with Crippen molar-refractivity contribution in [3.05, 3.63) is 65.9 Å². The SMILES string of the molecule is C=CC(=O)Oc1ccc2c(Nc3cccc(Br)c3)ncnc2c1. The fourth-order valence-electron chi connectivity index (χ4n) is 2.06. The Kier molecular flexibility index (Phi) is 4.34. The zero-order chi connectivity index (χ0) is 16.2. The quantitative estimate of drug-likeness (QED) is 0.423. The molecule has 0 atom stereocenters. The number of nitrogens with zero attached hydrogens (tertiary/aromatic N) is 2. The Labute approximate surface area is 141 Å². The molecule has 0 aliphatic heterocycles. The van der Waals surface area contributed by atoms with Gasteiger partial charge in [0.1, 0.15) is 17.9 Å². The maximum absolute atomic E-state index is 11.3. The predicted octanol–water partition coefficient (Wildman–Crippen LogP) is 4.23. The minimum atomic E-state index is -0.508. The molecule has 1 aromatic heterocycles. The van der Waals surface area contributed by atoms with Crippen LogP contribution in [0.5, 0.6) is 5.75 Å². The molecule has 0 radical (unpaired) electrons. The largest absolute Gasteiger partial charge is 0.423 e. The summed E-state index contributed by atoms with van der Waals surface area (Å²) in [6, 6.07) is 13.0. The molecule has 1 N–H and O–H groups in total. The van der Waals surface area contributed by atoms with Crippen molar-refractivity contribution in [3.63, 3.8) is 0 Å². The van der Waals surface area contributed by atoms with E-state index in [1.54, 1.807) is 18.2 Å². The third-order valence-corrected chi connectivity index (χ3v) is 3.57. The first-order chi connectivity index (χ1) is 11.2. The van der Waals surface area contributed by atoms with E-state index in [-0.39, 0.29) is 0 Å². The second-order valence-electron chi connectivity index (χ2n) is 4.66. The highest BCUT2D eigenvalue weighted by atomic mass is 79.9. The predicted molar refractivity (Wildman–Crippen MR) is 92.8 cm³/mol. The summed E-state index contributed by atoms with van der Waals surface area (Å²) in [4.78, 5) is 19.8. The first-order valence-corrected chi connectivity index (χ1v) is 7.56. The van der Waals surface area contributed by atoms with E-state index in [2.05, 4.69) is 37.8 Å². The van der Waals surface area contributed by atoms with E-state index in [1.807, 2.05) is 24.3 Å². The van der Waals surface area contributed by atoms with Crippen LogP contribution in [-0.2, 0) is 4.79 Å².